The molecule has 2 aliphatic rings. The first-order valence-corrected chi connectivity index (χ1v) is 13.3. The van der Waals surface area contributed by atoms with Gasteiger partial charge in [-0.25, -0.2) is 0 Å². The van der Waals surface area contributed by atoms with Crippen LogP contribution in [0, 0.1) is 0 Å². The van der Waals surface area contributed by atoms with E-state index in [9.17, 15) is 0 Å². The molecule has 2 aliphatic carbocycles. The fourth-order valence-electron chi connectivity index (χ4n) is 5.79. The minimum atomic E-state index is -1.92. The van der Waals surface area contributed by atoms with Gasteiger partial charge in [-0.05, 0) is 39.8 Å². The molecular weight excluding hydrogens is 515 g/mol. The second kappa shape index (κ2) is 9.75. The SMILES string of the molecule is C=CCC1([Si](C)(C)C2c3ccccc3-c3ccccc32)C=Cc2ccccc21.Cl.Cl.[Zr]. The topological polar surface area (TPSA) is 0 Å². The molecule has 0 spiro atoms. The van der Waals surface area contributed by atoms with E-state index < -0.39 is 8.07 Å². The van der Waals surface area contributed by atoms with E-state index in [0.29, 0.717) is 5.54 Å². The monoisotopic (exact) mass is 540 g/mol. The molecule has 158 valence electrons. The van der Waals surface area contributed by atoms with Crippen LogP contribution in [-0.2, 0) is 31.2 Å². The van der Waals surface area contributed by atoms with E-state index in [1.165, 1.54) is 33.4 Å². The van der Waals surface area contributed by atoms with Gasteiger partial charge in [-0.1, -0.05) is 104 Å². The molecule has 3 aromatic rings. The molecule has 0 aromatic heterocycles. The summed E-state index contributed by atoms with van der Waals surface area (Å²) in [6, 6.07) is 27.1. The van der Waals surface area contributed by atoms with Crippen molar-refractivity contribution in [2.24, 2.45) is 0 Å². The molecule has 0 radical (unpaired) electrons. The quantitative estimate of drug-likeness (QED) is 0.232. The normalized spacial score (nSPS) is 18.0. The Balaban J connectivity index is 0.00000114. The van der Waals surface area contributed by atoms with E-state index in [1.54, 1.807) is 0 Å². The summed E-state index contributed by atoms with van der Waals surface area (Å²) >= 11 is 0. The summed E-state index contributed by atoms with van der Waals surface area (Å²) in [5.41, 5.74) is 9.23. The Labute approximate surface area is 218 Å². The predicted octanol–water partition coefficient (Wildman–Crippen LogP) is 7.97. The first-order chi connectivity index (χ1) is 13.6. The Morgan fingerprint density at radius 1 is 0.839 bits per heavy atom. The van der Waals surface area contributed by atoms with Gasteiger partial charge in [0, 0.05) is 36.8 Å². The summed E-state index contributed by atoms with van der Waals surface area (Å²) < 4.78 is 0. The maximum Gasteiger partial charge on any atom is 0.0765 e. The van der Waals surface area contributed by atoms with E-state index in [2.05, 4.69) is 111 Å². The van der Waals surface area contributed by atoms with Crippen LogP contribution in [0.5, 0.6) is 0 Å². The minimum absolute atomic E-state index is 0. The molecule has 0 bridgehead atoms. The zero-order valence-corrected chi connectivity index (χ0v) is 23.1. The van der Waals surface area contributed by atoms with Crippen molar-refractivity contribution >= 4 is 39.0 Å². The Bertz CT molecular complexity index is 1080. The molecular formula is C27H28Cl2SiZr. The number of allylic oxidation sites excluding steroid dienone is 2. The summed E-state index contributed by atoms with van der Waals surface area (Å²) in [7, 11) is -1.92. The second-order valence-electron chi connectivity index (χ2n) is 8.71. The molecule has 0 amide bonds. The maximum absolute atomic E-state index is 4.16. The molecule has 0 saturated heterocycles. The summed E-state index contributed by atoms with van der Waals surface area (Å²) in [4.78, 5) is 0. The van der Waals surface area contributed by atoms with Gasteiger partial charge in [-0.3, -0.25) is 0 Å². The van der Waals surface area contributed by atoms with Gasteiger partial charge in [-0.2, -0.15) is 0 Å². The Morgan fingerprint density at radius 3 is 1.94 bits per heavy atom. The molecule has 0 nitrogen and oxygen atoms in total. The number of rotatable bonds is 4. The summed E-state index contributed by atoms with van der Waals surface area (Å²) in [5.74, 6) is 0. The van der Waals surface area contributed by atoms with Crippen molar-refractivity contribution in [3.63, 3.8) is 0 Å². The van der Waals surface area contributed by atoms with Crippen molar-refractivity contribution in [3.05, 3.63) is 114 Å². The predicted molar refractivity (Wildman–Crippen MR) is 138 cm³/mol. The third kappa shape index (κ3) is 3.70. The number of hydrogen-bond donors (Lipinski definition) is 0. The fraction of sp³-hybridized carbons (Fsp3) is 0.185. The van der Waals surface area contributed by atoms with Crippen LogP contribution in [0.1, 0.15) is 34.2 Å². The van der Waals surface area contributed by atoms with E-state index in [1.807, 2.05) is 0 Å². The molecule has 5 rings (SSSR count). The van der Waals surface area contributed by atoms with Crippen LogP contribution >= 0.6 is 24.8 Å². The van der Waals surface area contributed by atoms with Crippen molar-refractivity contribution < 1.29 is 26.2 Å². The molecule has 0 aliphatic heterocycles. The third-order valence-electron chi connectivity index (χ3n) is 7.16. The van der Waals surface area contributed by atoms with Crippen molar-refractivity contribution in [2.75, 3.05) is 0 Å². The number of benzene rings is 3. The van der Waals surface area contributed by atoms with Crippen LogP contribution in [0.4, 0.5) is 0 Å². The van der Waals surface area contributed by atoms with Crippen molar-refractivity contribution in [2.45, 2.75) is 30.1 Å². The van der Waals surface area contributed by atoms with Gasteiger partial charge in [0.25, 0.3) is 0 Å². The van der Waals surface area contributed by atoms with Crippen LogP contribution < -0.4 is 0 Å². The van der Waals surface area contributed by atoms with Gasteiger partial charge in [0.2, 0.25) is 0 Å². The standard InChI is InChI=1S/C27H26Si.2ClH.Zr/c1-4-18-27(19-17-20-11-5-10-16-25(20)27)28(2,3)26-23-14-8-6-12-21(23)22-13-7-9-15-24(22)26;;;/h4-17,19,26H,1,18H2,2-3H3;2*1H;. The summed E-state index contributed by atoms with van der Waals surface area (Å²) in [6.07, 6.45) is 7.99. The molecule has 1 atom stereocenters. The zero-order valence-electron chi connectivity index (χ0n) is 18.0. The molecule has 0 saturated carbocycles. The van der Waals surface area contributed by atoms with Crippen LogP contribution in [-0.4, -0.2) is 8.07 Å². The van der Waals surface area contributed by atoms with E-state index in [0.717, 1.165) is 6.42 Å². The number of hydrogen-bond acceptors (Lipinski definition) is 0. The first-order valence-electron chi connectivity index (χ1n) is 10.2. The zero-order chi connectivity index (χ0) is 19.4. The van der Waals surface area contributed by atoms with E-state index in [-0.39, 0.29) is 56.1 Å². The van der Waals surface area contributed by atoms with Crippen LogP contribution in [0.25, 0.3) is 17.2 Å². The molecule has 0 N–H and O–H groups in total. The van der Waals surface area contributed by atoms with Gasteiger partial charge in [-0.15, -0.1) is 31.4 Å². The van der Waals surface area contributed by atoms with E-state index in [4.69, 9.17) is 0 Å². The Kier molecular flexibility index (Phi) is 8.20. The van der Waals surface area contributed by atoms with Gasteiger partial charge in [0.1, 0.15) is 0 Å². The van der Waals surface area contributed by atoms with Crippen LogP contribution in [0.2, 0.25) is 13.1 Å². The van der Waals surface area contributed by atoms with Gasteiger partial charge in [0.15, 0.2) is 0 Å². The van der Waals surface area contributed by atoms with Crippen molar-refractivity contribution in [3.8, 4) is 11.1 Å². The summed E-state index contributed by atoms with van der Waals surface area (Å²) in [5, 5.41) is 0.0700. The molecule has 4 heteroatoms. The van der Waals surface area contributed by atoms with Crippen LogP contribution in [0.3, 0.4) is 0 Å². The van der Waals surface area contributed by atoms with Gasteiger partial charge < -0.3 is 0 Å². The third-order valence-corrected chi connectivity index (χ3v) is 12.2. The largest absolute Gasteiger partial charge is 0.147 e. The second-order valence-corrected chi connectivity index (χ2v) is 13.6. The van der Waals surface area contributed by atoms with Crippen molar-refractivity contribution in [1.82, 2.24) is 0 Å². The minimum Gasteiger partial charge on any atom is -0.147 e. The Morgan fingerprint density at radius 2 is 1.35 bits per heavy atom. The average molecular weight is 543 g/mol. The molecule has 3 aromatic carbocycles. The molecule has 0 fully saturated rings. The fourth-order valence-corrected chi connectivity index (χ4v) is 10.5. The molecule has 31 heavy (non-hydrogen) atoms. The van der Waals surface area contributed by atoms with Gasteiger partial charge >= 0.3 is 0 Å². The maximum atomic E-state index is 4.16. The molecule has 0 heterocycles. The smallest absolute Gasteiger partial charge is 0.0765 e. The molecule has 1 unspecified atom stereocenters. The number of fused-ring (bicyclic) bond motifs is 4. The van der Waals surface area contributed by atoms with E-state index >= 15 is 0 Å². The first kappa shape index (κ1) is 26.1. The summed E-state index contributed by atoms with van der Waals surface area (Å²) in [6.45, 7) is 9.34. The number of halogens is 2. The van der Waals surface area contributed by atoms with Crippen LogP contribution in [0.15, 0.2) is 91.5 Å². The Hall–Kier alpha value is -1.18. The van der Waals surface area contributed by atoms with Gasteiger partial charge in [0.05, 0.1) is 8.07 Å². The average Bonchev–Trinajstić information content (AvgIpc) is 3.26. The van der Waals surface area contributed by atoms with Crippen molar-refractivity contribution in [1.29, 1.82) is 0 Å².